The number of hydrogen-bond acceptors (Lipinski definition) is 4. The standard InChI is InChI=1S/C15H20O4/c1-10(2)11-6-8-12(16)13(9-7-11)18-14(17)19-15(3,4)5/h6-10H,1-5H3. The molecule has 1 rings (SSSR count). The van der Waals surface area contributed by atoms with E-state index >= 15 is 0 Å². The number of rotatable bonds is 2. The van der Waals surface area contributed by atoms with Crippen LogP contribution in [0.1, 0.15) is 46.1 Å². The van der Waals surface area contributed by atoms with Crippen LogP contribution in [0.5, 0.6) is 5.75 Å². The molecule has 1 aromatic rings. The molecule has 19 heavy (non-hydrogen) atoms. The lowest BCUT2D eigenvalue weighted by Gasteiger charge is -2.18. The minimum Gasteiger partial charge on any atom is -0.428 e. The van der Waals surface area contributed by atoms with Gasteiger partial charge in [-0.25, -0.2) is 4.79 Å². The van der Waals surface area contributed by atoms with Crippen molar-refractivity contribution in [2.75, 3.05) is 0 Å². The van der Waals surface area contributed by atoms with Crippen molar-refractivity contribution in [2.24, 2.45) is 0 Å². The van der Waals surface area contributed by atoms with E-state index in [-0.39, 0.29) is 11.2 Å². The highest BCUT2D eigenvalue weighted by Crippen LogP contribution is 2.15. The first-order chi connectivity index (χ1) is 8.69. The Bertz CT molecular complexity index is 512. The van der Waals surface area contributed by atoms with Gasteiger partial charge in [0.05, 0.1) is 0 Å². The Morgan fingerprint density at radius 2 is 1.68 bits per heavy atom. The Morgan fingerprint density at radius 3 is 2.21 bits per heavy atom. The molecule has 0 radical (unpaired) electrons. The van der Waals surface area contributed by atoms with Crippen LogP contribution < -0.4 is 10.2 Å². The molecule has 0 aliphatic rings. The Balaban J connectivity index is 2.94. The Kier molecular flexibility index (Phi) is 4.70. The van der Waals surface area contributed by atoms with Gasteiger partial charge in [-0.2, -0.15) is 0 Å². The predicted octanol–water partition coefficient (Wildman–Crippen LogP) is 3.48. The summed E-state index contributed by atoms with van der Waals surface area (Å²) in [5.41, 5.74) is -0.00546. The minimum absolute atomic E-state index is 0.0267. The number of hydrogen-bond donors (Lipinski definition) is 0. The van der Waals surface area contributed by atoms with Crippen molar-refractivity contribution in [3.8, 4) is 5.75 Å². The average molecular weight is 264 g/mol. The summed E-state index contributed by atoms with van der Waals surface area (Å²) >= 11 is 0. The largest absolute Gasteiger partial charge is 0.514 e. The maximum Gasteiger partial charge on any atom is 0.514 e. The van der Waals surface area contributed by atoms with Gasteiger partial charge in [0.15, 0.2) is 5.75 Å². The molecular weight excluding hydrogens is 244 g/mol. The summed E-state index contributed by atoms with van der Waals surface area (Å²) in [5, 5.41) is 0. The van der Waals surface area contributed by atoms with Crippen LogP contribution in [-0.2, 0) is 4.74 Å². The highest BCUT2D eigenvalue weighted by molar-refractivity contribution is 5.64. The van der Waals surface area contributed by atoms with E-state index in [4.69, 9.17) is 9.47 Å². The molecule has 4 heteroatoms. The quantitative estimate of drug-likeness (QED) is 0.767. The van der Waals surface area contributed by atoms with Crippen LogP contribution in [0.2, 0.25) is 0 Å². The SMILES string of the molecule is CC(C)c1ccc(OC(=O)OC(C)(C)C)c(=O)cc1. The van der Waals surface area contributed by atoms with Crippen molar-refractivity contribution in [1.29, 1.82) is 0 Å². The van der Waals surface area contributed by atoms with E-state index < -0.39 is 11.8 Å². The number of carbonyl (C=O) groups excluding carboxylic acids is 1. The first-order valence-corrected chi connectivity index (χ1v) is 6.24. The summed E-state index contributed by atoms with van der Waals surface area (Å²) in [6.45, 7) is 9.24. The fourth-order valence-corrected chi connectivity index (χ4v) is 1.39. The van der Waals surface area contributed by atoms with Crippen molar-refractivity contribution < 1.29 is 14.3 Å². The van der Waals surface area contributed by atoms with E-state index in [0.717, 1.165) is 5.56 Å². The van der Waals surface area contributed by atoms with Crippen molar-refractivity contribution in [3.63, 3.8) is 0 Å². The number of carbonyl (C=O) groups is 1. The average Bonchev–Trinajstić information content (AvgIpc) is 2.39. The second-order valence-corrected chi connectivity index (χ2v) is 5.62. The Morgan fingerprint density at radius 1 is 1.11 bits per heavy atom. The topological polar surface area (TPSA) is 52.6 Å². The third-order valence-corrected chi connectivity index (χ3v) is 2.35. The zero-order chi connectivity index (χ0) is 14.6. The van der Waals surface area contributed by atoms with Gasteiger partial charge in [0, 0.05) is 0 Å². The van der Waals surface area contributed by atoms with E-state index in [1.807, 2.05) is 13.8 Å². The van der Waals surface area contributed by atoms with E-state index in [2.05, 4.69) is 0 Å². The van der Waals surface area contributed by atoms with Crippen LogP contribution in [-0.4, -0.2) is 11.8 Å². The van der Waals surface area contributed by atoms with Gasteiger partial charge < -0.3 is 9.47 Å². The Labute approximate surface area is 113 Å². The van der Waals surface area contributed by atoms with Crippen molar-refractivity contribution in [3.05, 3.63) is 40.1 Å². The summed E-state index contributed by atoms with van der Waals surface area (Å²) in [5.74, 6) is 0.266. The van der Waals surface area contributed by atoms with Gasteiger partial charge in [0.1, 0.15) is 5.60 Å². The summed E-state index contributed by atoms with van der Waals surface area (Å²) in [7, 11) is 0. The highest BCUT2D eigenvalue weighted by Gasteiger charge is 2.18. The van der Waals surface area contributed by atoms with Crippen LogP contribution in [0, 0.1) is 0 Å². The monoisotopic (exact) mass is 264 g/mol. The molecule has 0 amide bonds. The lowest BCUT2D eigenvalue weighted by molar-refractivity contribution is 0.0204. The first kappa shape index (κ1) is 15.2. The van der Waals surface area contributed by atoms with Crippen LogP contribution in [0.25, 0.3) is 0 Å². The van der Waals surface area contributed by atoms with Crippen LogP contribution in [0.3, 0.4) is 0 Å². The van der Waals surface area contributed by atoms with Gasteiger partial charge in [-0.1, -0.05) is 26.0 Å². The molecule has 0 spiro atoms. The molecule has 0 N–H and O–H groups in total. The van der Waals surface area contributed by atoms with Crippen molar-refractivity contribution in [1.82, 2.24) is 0 Å². The molecule has 0 bridgehead atoms. The molecule has 0 heterocycles. The number of ether oxygens (including phenoxy) is 2. The molecule has 0 saturated heterocycles. The van der Waals surface area contributed by atoms with E-state index in [1.54, 1.807) is 32.9 Å². The third kappa shape index (κ3) is 5.12. The summed E-state index contributed by atoms with van der Waals surface area (Å²) in [4.78, 5) is 23.3. The van der Waals surface area contributed by atoms with Crippen molar-refractivity contribution in [2.45, 2.75) is 46.1 Å². The molecule has 0 saturated carbocycles. The fourth-order valence-electron chi connectivity index (χ4n) is 1.39. The normalized spacial score (nSPS) is 11.3. The van der Waals surface area contributed by atoms with Crippen LogP contribution in [0.4, 0.5) is 4.79 Å². The fraction of sp³-hybridized carbons (Fsp3) is 0.467. The molecule has 4 nitrogen and oxygen atoms in total. The predicted molar refractivity (Wildman–Crippen MR) is 73.7 cm³/mol. The molecule has 0 fully saturated rings. The zero-order valence-electron chi connectivity index (χ0n) is 12.0. The second-order valence-electron chi connectivity index (χ2n) is 5.62. The van der Waals surface area contributed by atoms with Gasteiger partial charge in [0.25, 0.3) is 0 Å². The first-order valence-electron chi connectivity index (χ1n) is 6.24. The minimum atomic E-state index is -0.873. The van der Waals surface area contributed by atoms with Crippen LogP contribution in [0.15, 0.2) is 29.1 Å². The lowest BCUT2D eigenvalue weighted by Crippen LogP contribution is -2.26. The van der Waals surface area contributed by atoms with Crippen LogP contribution >= 0.6 is 0 Å². The molecule has 0 unspecified atom stereocenters. The summed E-state index contributed by atoms with van der Waals surface area (Å²) < 4.78 is 9.95. The molecule has 0 aliphatic heterocycles. The summed E-state index contributed by atoms with van der Waals surface area (Å²) in [6, 6.07) is 6.40. The van der Waals surface area contributed by atoms with Gasteiger partial charge in [-0.15, -0.1) is 0 Å². The second kappa shape index (κ2) is 5.87. The molecule has 0 aliphatic carbocycles. The Hall–Kier alpha value is -1.84. The zero-order valence-corrected chi connectivity index (χ0v) is 12.0. The molecule has 104 valence electrons. The molecule has 0 aromatic heterocycles. The van der Waals surface area contributed by atoms with Gasteiger partial charge >= 0.3 is 6.16 Å². The van der Waals surface area contributed by atoms with Gasteiger partial charge in [-0.3, -0.25) is 4.79 Å². The smallest absolute Gasteiger partial charge is 0.428 e. The molecular formula is C15H20O4. The van der Waals surface area contributed by atoms with E-state index in [0.29, 0.717) is 5.92 Å². The molecule has 1 aromatic carbocycles. The maximum absolute atomic E-state index is 11.8. The maximum atomic E-state index is 11.8. The molecule has 0 atom stereocenters. The van der Waals surface area contributed by atoms with E-state index in [1.165, 1.54) is 12.1 Å². The van der Waals surface area contributed by atoms with Crippen molar-refractivity contribution >= 4 is 6.16 Å². The van der Waals surface area contributed by atoms with E-state index in [9.17, 15) is 9.59 Å². The van der Waals surface area contributed by atoms with Gasteiger partial charge in [0.2, 0.25) is 5.43 Å². The third-order valence-electron chi connectivity index (χ3n) is 2.35. The summed E-state index contributed by atoms with van der Waals surface area (Å²) in [6.07, 6.45) is -0.873. The van der Waals surface area contributed by atoms with Gasteiger partial charge in [-0.05, 0) is 44.4 Å². The lowest BCUT2D eigenvalue weighted by atomic mass is 10.1. The highest BCUT2D eigenvalue weighted by atomic mass is 16.7.